The molecule has 0 aromatic heterocycles. The molecule has 1 N–H and O–H groups in total. The molecule has 3 rings (SSSR count). The minimum atomic E-state index is -0.298. The molecular formula is C16H14N2O2. The van der Waals surface area contributed by atoms with Crippen LogP contribution in [0.1, 0.15) is 39.2 Å². The summed E-state index contributed by atoms with van der Waals surface area (Å²) in [6.07, 6.45) is 0. The number of hydrogen-bond donors (Lipinski definition) is 1. The molecule has 100 valence electrons. The average Bonchev–Trinajstić information content (AvgIpc) is 2.74. The summed E-state index contributed by atoms with van der Waals surface area (Å²) in [4.78, 5) is 24.4. The van der Waals surface area contributed by atoms with E-state index < -0.39 is 0 Å². The monoisotopic (exact) mass is 266 g/mol. The summed E-state index contributed by atoms with van der Waals surface area (Å²) < 4.78 is 0. The van der Waals surface area contributed by atoms with Crippen molar-refractivity contribution in [2.45, 2.75) is 13.0 Å². The number of carbonyl (C=O) groups is 2. The van der Waals surface area contributed by atoms with E-state index in [0.29, 0.717) is 11.1 Å². The molecular weight excluding hydrogens is 252 g/mol. The second-order valence-corrected chi connectivity index (χ2v) is 4.75. The highest BCUT2D eigenvalue weighted by atomic mass is 16.2. The third-order valence-corrected chi connectivity index (χ3v) is 3.42. The minimum Gasteiger partial charge on any atom is -0.267 e. The van der Waals surface area contributed by atoms with E-state index in [9.17, 15) is 9.59 Å². The number of carbonyl (C=O) groups excluding carboxylic acids is 2. The van der Waals surface area contributed by atoms with Crippen LogP contribution >= 0.6 is 0 Å². The zero-order chi connectivity index (χ0) is 14.1. The van der Waals surface area contributed by atoms with Crippen LogP contribution in [0.25, 0.3) is 0 Å². The van der Waals surface area contributed by atoms with Crippen molar-refractivity contribution in [1.29, 1.82) is 0 Å². The third kappa shape index (κ3) is 2.00. The Morgan fingerprint density at radius 1 is 0.850 bits per heavy atom. The maximum atomic E-state index is 12.2. The normalized spacial score (nSPS) is 15.3. The van der Waals surface area contributed by atoms with Crippen LogP contribution in [-0.4, -0.2) is 16.8 Å². The Labute approximate surface area is 117 Å². The first kappa shape index (κ1) is 12.6. The highest BCUT2D eigenvalue weighted by Crippen LogP contribution is 2.22. The zero-order valence-electron chi connectivity index (χ0n) is 11.0. The lowest BCUT2D eigenvalue weighted by Gasteiger charge is -2.21. The predicted octanol–water partition coefficient (Wildman–Crippen LogP) is 2.55. The Morgan fingerprint density at radius 2 is 1.35 bits per heavy atom. The first-order valence-corrected chi connectivity index (χ1v) is 6.47. The SMILES string of the molecule is CC(NN1C(=O)c2ccccc2C1=O)c1ccccc1. The van der Waals surface area contributed by atoms with Gasteiger partial charge in [0.05, 0.1) is 11.1 Å². The summed E-state index contributed by atoms with van der Waals surface area (Å²) in [7, 11) is 0. The van der Waals surface area contributed by atoms with Gasteiger partial charge in [0.1, 0.15) is 0 Å². The number of fused-ring (bicyclic) bond motifs is 1. The summed E-state index contributed by atoms with van der Waals surface area (Å²) in [6, 6.07) is 16.4. The van der Waals surface area contributed by atoms with Gasteiger partial charge in [-0.05, 0) is 24.6 Å². The molecule has 4 heteroatoms. The zero-order valence-corrected chi connectivity index (χ0v) is 11.0. The van der Waals surface area contributed by atoms with Gasteiger partial charge in [-0.1, -0.05) is 42.5 Å². The highest BCUT2D eigenvalue weighted by molar-refractivity contribution is 6.20. The molecule has 0 bridgehead atoms. The Bertz CT molecular complexity index is 632. The van der Waals surface area contributed by atoms with Crippen LogP contribution in [-0.2, 0) is 0 Å². The van der Waals surface area contributed by atoms with Gasteiger partial charge in [-0.2, -0.15) is 0 Å². The topological polar surface area (TPSA) is 49.4 Å². The van der Waals surface area contributed by atoms with E-state index in [1.165, 1.54) is 0 Å². The van der Waals surface area contributed by atoms with Crippen LogP contribution in [0.4, 0.5) is 0 Å². The van der Waals surface area contributed by atoms with Crippen LogP contribution in [0.5, 0.6) is 0 Å². The van der Waals surface area contributed by atoms with Crippen LogP contribution in [0.2, 0.25) is 0 Å². The Morgan fingerprint density at radius 3 is 1.90 bits per heavy atom. The van der Waals surface area contributed by atoms with E-state index in [1.807, 2.05) is 37.3 Å². The molecule has 2 aromatic rings. The largest absolute Gasteiger partial charge is 0.276 e. The Kier molecular flexibility index (Phi) is 3.08. The van der Waals surface area contributed by atoms with E-state index in [1.54, 1.807) is 24.3 Å². The molecule has 4 nitrogen and oxygen atoms in total. The summed E-state index contributed by atoms with van der Waals surface area (Å²) in [5.41, 5.74) is 4.89. The molecule has 2 aromatic carbocycles. The molecule has 2 amide bonds. The van der Waals surface area contributed by atoms with Crippen molar-refractivity contribution in [1.82, 2.24) is 10.4 Å². The maximum Gasteiger partial charge on any atom is 0.276 e. The van der Waals surface area contributed by atoms with E-state index in [-0.39, 0.29) is 17.9 Å². The first-order valence-electron chi connectivity index (χ1n) is 6.47. The van der Waals surface area contributed by atoms with Crippen LogP contribution in [0, 0.1) is 0 Å². The Balaban J connectivity index is 1.84. The molecule has 1 atom stereocenters. The quantitative estimate of drug-likeness (QED) is 0.869. The van der Waals surface area contributed by atoms with Crippen LogP contribution in [0.15, 0.2) is 54.6 Å². The lowest BCUT2D eigenvalue weighted by Crippen LogP contribution is -2.43. The van der Waals surface area contributed by atoms with Crippen LogP contribution in [0.3, 0.4) is 0 Å². The van der Waals surface area contributed by atoms with Crippen molar-refractivity contribution in [3.05, 3.63) is 71.3 Å². The van der Waals surface area contributed by atoms with Gasteiger partial charge in [0, 0.05) is 6.04 Å². The molecule has 0 aliphatic carbocycles. The molecule has 0 radical (unpaired) electrons. The average molecular weight is 266 g/mol. The van der Waals surface area contributed by atoms with Crippen molar-refractivity contribution in [2.75, 3.05) is 0 Å². The summed E-state index contributed by atoms with van der Waals surface area (Å²) in [5.74, 6) is -0.596. The number of amides is 2. The van der Waals surface area contributed by atoms with Crippen molar-refractivity contribution in [3.8, 4) is 0 Å². The second-order valence-electron chi connectivity index (χ2n) is 4.75. The molecule has 1 heterocycles. The summed E-state index contributed by atoms with van der Waals surface area (Å²) >= 11 is 0. The van der Waals surface area contributed by atoms with E-state index in [0.717, 1.165) is 10.6 Å². The number of benzene rings is 2. The first-order chi connectivity index (χ1) is 9.68. The van der Waals surface area contributed by atoms with Gasteiger partial charge in [-0.15, -0.1) is 0 Å². The number of imide groups is 1. The predicted molar refractivity (Wildman–Crippen MR) is 74.9 cm³/mol. The van der Waals surface area contributed by atoms with E-state index >= 15 is 0 Å². The summed E-state index contributed by atoms with van der Waals surface area (Å²) in [6.45, 7) is 1.92. The fourth-order valence-corrected chi connectivity index (χ4v) is 2.32. The van der Waals surface area contributed by atoms with E-state index in [4.69, 9.17) is 0 Å². The molecule has 1 aliphatic rings. The van der Waals surface area contributed by atoms with E-state index in [2.05, 4.69) is 5.43 Å². The molecule has 0 spiro atoms. The second kappa shape index (κ2) is 4.90. The standard InChI is InChI=1S/C16H14N2O2/c1-11(12-7-3-2-4-8-12)17-18-15(19)13-9-5-6-10-14(13)16(18)20/h2-11,17H,1H3. The summed E-state index contributed by atoms with van der Waals surface area (Å²) in [5, 5.41) is 1.10. The van der Waals surface area contributed by atoms with Gasteiger partial charge < -0.3 is 0 Å². The van der Waals surface area contributed by atoms with Gasteiger partial charge in [0.25, 0.3) is 11.8 Å². The van der Waals surface area contributed by atoms with Crippen LogP contribution < -0.4 is 5.43 Å². The lowest BCUT2D eigenvalue weighted by atomic mass is 10.1. The van der Waals surface area contributed by atoms with Crippen molar-refractivity contribution in [2.24, 2.45) is 0 Å². The third-order valence-electron chi connectivity index (χ3n) is 3.42. The number of nitrogens with one attached hydrogen (secondary N) is 1. The van der Waals surface area contributed by atoms with Crippen molar-refractivity contribution >= 4 is 11.8 Å². The van der Waals surface area contributed by atoms with Gasteiger partial charge >= 0.3 is 0 Å². The van der Waals surface area contributed by atoms with Crippen molar-refractivity contribution in [3.63, 3.8) is 0 Å². The smallest absolute Gasteiger partial charge is 0.267 e. The highest BCUT2D eigenvalue weighted by Gasteiger charge is 2.36. The fourth-order valence-electron chi connectivity index (χ4n) is 2.32. The molecule has 0 saturated carbocycles. The number of hydrazine groups is 1. The molecule has 1 unspecified atom stereocenters. The molecule has 1 aliphatic heterocycles. The van der Waals surface area contributed by atoms with Gasteiger partial charge in [-0.3, -0.25) is 9.59 Å². The van der Waals surface area contributed by atoms with Gasteiger partial charge in [0.15, 0.2) is 0 Å². The Hall–Kier alpha value is -2.46. The number of nitrogens with zero attached hydrogens (tertiary/aromatic N) is 1. The molecule has 20 heavy (non-hydrogen) atoms. The van der Waals surface area contributed by atoms with Crippen molar-refractivity contribution < 1.29 is 9.59 Å². The lowest BCUT2D eigenvalue weighted by molar-refractivity contribution is 0.0538. The maximum absolute atomic E-state index is 12.2. The number of rotatable bonds is 3. The minimum absolute atomic E-state index is 0.126. The van der Waals surface area contributed by atoms with Gasteiger partial charge in [-0.25, -0.2) is 10.4 Å². The number of hydrogen-bond acceptors (Lipinski definition) is 3. The molecule has 0 fully saturated rings. The molecule has 0 saturated heterocycles. The fraction of sp³-hybridized carbons (Fsp3) is 0.125. The van der Waals surface area contributed by atoms with Gasteiger partial charge in [0.2, 0.25) is 0 Å².